The molecule has 1 aromatic heterocycles. The number of nitrogens with zero attached hydrogens (tertiary/aromatic N) is 2. The molecule has 1 N–H and O–H groups in total. The highest BCUT2D eigenvalue weighted by molar-refractivity contribution is 7.99. The van der Waals surface area contributed by atoms with Crippen LogP contribution in [0.15, 0.2) is 28.1 Å². The van der Waals surface area contributed by atoms with Crippen LogP contribution in [0.1, 0.15) is 30.1 Å². The summed E-state index contributed by atoms with van der Waals surface area (Å²) in [6.45, 7) is 1.88. The molecule has 21 heavy (non-hydrogen) atoms. The average molecular weight is 307 g/mol. The van der Waals surface area contributed by atoms with Crippen molar-refractivity contribution < 1.29 is 8.78 Å². The van der Waals surface area contributed by atoms with E-state index in [4.69, 9.17) is 0 Å². The lowest BCUT2D eigenvalue weighted by molar-refractivity contribution is 0.577. The van der Waals surface area contributed by atoms with Gasteiger partial charge in [-0.25, -0.2) is 18.7 Å². The van der Waals surface area contributed by atoms with E-state index in [1.54, 1.807) is 7.05 Å². The van der Waals surface area contributed by atoms with Crippen LogP contribution in [-0.2, 0) is 0 Å². The van der Waals surface area contributed by atoms with Gasteiger partial charge in [-0.05, 0) is 38.0 Å². The summed E-state index contributed by atoms with van der Waals surface area (Å²) in [6, 6.07) is 3.44. The third-order valence-electron chi connectivity index (χ3n) is 3.40. The van der Waals surface area contributed by atoms with E-state index in [-0.39, 0.29) is 4.90 Å². The van der Waals surface area contributed by atoms with E-state index in [0.29, 0.717) is 10.9 Å². The molecule has 0 bridgehead atoms. The molecule has 1 aliphatic rings. The molecule has 110 valence electrons. The maximum absolute atomic E-state index is 13.8. The molecule has 1 fully saturated rings. The van der Waals surface area contributed by atoms with Gasteiger partial charge in [-0.15, -0.1) is 0 Å². The molecular weight excluding hydrogens is 292 g/mol. The summed E-state index contributed by atoms with van der Waals surface area (Å²) in [5.74, 6) is 1.02. The third-order valence-corrected chi connectivity index (χ3v) is 4.52. The topological polar surface area (TPSA) is 37.8 Å². The number of hydrogen-bond donors (Lipinski definition) is 1. The maximum Gasteiger partial charge on any atom is 0.137 e. The average Bonchev–Trinajstić information content (AvgIpc) is 3.29. The summed E-state index contributed by atoms with van der Waals surface area (Å²) >= 11 is 1.14. The van der Waals surface area contributed by atoms with Crippen molar-refractivity contribution in [3.8, 4) is 0 Å². The molecule has 0 radical (unpaired) electrons. The van der Waals surface area contributed by atoms with E-state index in [1.165, 1.54) is 6.07 Å². The second-order valence-corrected chi connectivity index (χ2v) is 6.09. The number of benzene rings is 1. The van der Waals surface area contributed by atoms with E-state index >= 15 is 0 Å². The highest BCUT2D eigenvalue weighted by Gasteiger charge is 2.28. The van der Waals surface area contributed by atoms with Crippen LogP contribution in [0, 0.1) is 18.6 Å². The highest BCUT2D eigenvalue weighted by atomic mass is 32.2. The highest BCUT2D eigenvalue weighted by Crippen LogP contribution is 2.41. The first-order valence-corrected chi connectivity index (χ1v) is 7.59. The Bertz CT molecular complexity index is 687. The van der Waals surface area contributed by atoms with Gasteiger partial charge >= 0.3 is 0 Å². The molecule has 1 aliphatic carbocycles. The number of hydrogen-bond acceptors (Lipinski definition) is 4. The molecule has 3 rings (SSSR count). The standard InChI is InChI=1S/C15H15F2N3S/c1-8-13(18-2)19-14(9-3-4-9)20-15(8)21-12-7-10(16)5-6-11(12)17/h5-7,9H,3-4H2,1-2H3,(H,18,19,20). The number of halogens is 2. The number of anilines is 1. The minimum Gasteiger partial charge on any atom is -0.373 e. The molecular formula is C15H15F2N3S. The molecule has 6 heteroatoms. The van der Waals surface area contributed by atoms with Crippen molar-refractivity contribution in [3.05, 3.63) is 41.2 Å². The van der Waals surface area contributed by atoms with Crippen molar-refractivity contribution in [3.63, 3.8) is 0 Å². The largest absolute Gasteiger partial charge is 0.373 e. The predicted octanol–water partition coefficient (Wildman–Crippen LogP) is 4.13. The van der Waals surface area contributed by atoms with Gasteiger partial charge in [0, 0.05) is 18.5 Å². The van der Waals surface area contributed by atoms with Gasteiger partial charge in [-0.2, -0.15) is 0 Å². The quantitative estimate of drug-likeness (QED) is 0.862. The van der Waals surface area contributed by atoms with Crippen molar-refractivity contribution in [2.24, 2.45) is 0 Å². The van der Waals surface area contributed by atoms with Gasteiger partial charge < -0.3 is 5.32 Å². The van der Waals surface area contributed by atoms with Crippen LogP contribution in [0.4, 0.5) is 14.6 Å². The van der Waals surface area contributed by atoms with E-state index in [9.17, 15) is 8.78 Å². The SMILES string of the molecule is CNc1nc(C2CC2)nc(Sc2cc(F)ccc2F)c1C. The van der Waals surface area contributed by atoms with Gasteiger partial charge in [0.25, 0.3) is 0 Å². The summed E-state index contributed by atoms with van der Waals surface area (Å²) in [4.78, 5) is 9.26. The van der Waals surface area contributed by atoms with E-state index in [2.05, 4.69) is 15.3 Å². The summed E-state index contributed by atoms with van der Waals surface area (Å²) in [5.41, 5.74) is 0.843. The minimum absolute atomic E-state index is 0.237. The third kappa shape index (κ3) is 3.00. The van der Waals surface area contributed by atoms with Gasteiger partial charge in [0.05, 0.1) is 4.90 Å². The molecule has 1 aromatic carbocycles. The summed E-state index contributed by atoms with van der Waals surface area (Å²) in [5, 5.41) is 3.71. The fourth-order valence-electron chi connectivity index (χ4n) is 2.04. The van der Waals surface area contributed by atoms with Crippen LogP contribution in [-0.4, -0.2) is 17.0 Å². The molecule has 3 nitrogen and oxygen atoms in total. The minimum atomic E-state index is -0.457. The fourth-order valence-corrected chi connectivity index (χ4v) is 2.97. The molecule has 0 atom stereocenters. The Morgan fingerprint density at radius 1 is 1.24 bits per heavy atom. The Kier molecular flexibility index (Phi) is 3.80. The first kappa shape index (κ1) is 14.3. The van der Waals surface area contributed by atoms with Crippen LogP contribution < -0.4 is 5.32 Å². The molecule has 1 heterocycles. The fraction of sp³-hybridized carbons (Fsp3) is 0.333. The second kappa shape index (κ2) is 5.60. The lowest BCUT2D eigenvalue weighted by atomic mass is 10.3. The number of rotatable bonds is 4. The van der Waals surface area contributed by atoms with Crippen LogP contribution >= 0.6 is 11.8 Å². The first-order chi connectivity index (χ1) is 10.1. The molecule has 0 aliphatic heterocycles. The maximum atomic E-state index is 13.8. The van der Waals surface area contributed by atoms with Crippen molar-refractivity contribution in [2.75, 3.05) is 12.4 Å². The van der Waals surface area contributed by atoms with E-state index in [1.807, 2.05) is 6.92 Å². The summed E-state index contributed by atoms with van der Waals surface area (Å²) < 4.78 is 27.1. The zero-order valence-electron chi connectivity index (χ0n) is 11.8. The van der Waals surface area contributed by atoms with Gasteiger partial charge in [-0.3, -0.25) is 0 Å². The van der Waals surface area contributed by atoms with Gasteiger partial charge in [0.2, 0.25) is 0 Å². The molecule has 0 saturated heterocycles. The van der Waals surface area contributed by atoms with Crippen molar-refractivity contribution >= 4 is 17.6 Å². The van der Waals surface area contributed by atoms with Crippen LogP contribution in [0.2, 0.25) is 0 Å². The Hall–Kier alpha value is -1.69. The zero-order valence-corrected chi connectivity index (χ0v) is 12.6. The number of aromatic nitrogens is 2. The predicted molar refractivity (Wildman–Crippen MR) is 78.8 cm³/mol. The van der Waals surface area contributed by atoms with Gasteiger partial charge in [0.1, 0.15) is 28.3 Å². The lowest BCUT2D eigenvalue weighted by Gasteiger charge is -2.12. The molecule has 2 aromatic rings. The smallest absolute Gasteiger partial charge is 0.137 e. The Morgan fingerprint density at radius 2 is 2.00 bits per heavy atom. The zero-order chi connectivity index (χ0) is 15.0. The molecule has 0 unspecified atom stereocenters. The monoisotopic (exact) mass is 307 g/mol. The van der Waals surface area contributed by atoms with Crippen LogP contribution in [0.3, 0.4) is 0 Å². The Morgan fingerprint density at radius 3 is 2.67 bits per heavy atom. The van der Waals surface area contributed by atoms with Crippen LogP contribution in [0.25, 0.3) is 0 Å². The van der Waals surface area contributed by atoms with Crippen molar-refractivity contribution in [2.45, 2.75) is 35.6 Å². The van der Waals surface area contributed by atoms with Gasteiger partial charge in [0.15, 0.2) is 0 Å². The summed E-state index contributed by atoms with van der Waals surface area (Å²) in [6.07, 6.45) is 2.18. The second-order valence-electron chi connectivity index (χ2n) is 5.06. The van der Waals surface area contributed by atoms with Crippen molar-refractivity contribution in [1.29, 1.82) is 0 Å². The molecule has 1 saturated carbocycles. The Balaban J connectivity index is 2.00. The van der Waals surface area contributed by atoms with E-state index < -0.39 is 11.6 Å². The van der Waals surface area contributed by atoms with E-state index in [0.717, 1.165) is 53.9 Å². The van der Waals surface area contributed by atoms with Crippen LogP contribution in [0.5, 0.6) is 0 Å². The molecule has 0 amide bonds. The number of nitrogens with one attached hydrogen (secondary N) is 1. The van der Waals surface area contributed by atoms with Gasteiger partial charge in [-0.1, -0.05) is 11.8 Å². The lowest BCUT2D eigenvalue weighted by Crippen LogP contribution is -2.04. The summed E-state index contributed by atoms with van der Waals surface area (Å²) in [7, 11) is 1.79. The Labute approximate surface area is 126 Å². The molecule has 0 spiro atoms. The normalized spacial score (nSPS) is 14.3. The van der Waals surface area contributed by atoms with Crippen molar-refractivity contribution in [1.82, 2.24) is 9.97 Å². The first-order valence-electron chi connectivity index (χ1n) is 6.77.